The molecule has 0 spiro atoms. The van der Waals surface area contributed by atoms with Gasteiger partial charge in [0.25, 0.3) is 0 Å². The summed E-state index contributed by atoms with van der Waals surface area (Å²) in [5.41, 5.74) is 2.77. The van der Waals surface area contributed by atoms with Crippen molar-refractivity contribution in [3.8, 4) is 6.07 Å². The minimum atomic E-state index is -0.541. The molecule has 1 aromatic carbocycles. The van der Waals surface area contributed by atoms with Crippen molar-refractivity contribution in [1.82, 2.24) is 0 Å². The van der Waals surface area contributed by atoms with E-state index in [1.165, 1.54) is 18.2 Å². The number of hydrogen-bond donors (Lipinski definition) is 1. The van der Waals surface area contributed by atoms with E-state index in [0.29, 0.717) is 5.69 Å². The molecule has 0 unspecified atom stereocenters. The Bertz CT molecular complexity index is 561. The molecule has 2 rings (SSSR count). The van der Waals surface area contributed by atoms with Gasteiger partial charge in [0.05, 0.1) is 10.7 Å². The summed E-state index contributed by atoms with van der Waals surface area (Å²) in [4.78, 5) is 11.6. The van der Waals surface area contributed by atoms with Crippen LogP contribution in [0.5, 0.6) is 0 Å². The highest BCUT2D eigenvalue weighted by Crippen LogP contribution is 2.30. The lowest BCUT2D eigenvalue weighted by atomic mass is 10.2. The molecule has 0 amide bonds. The molecule has 1 saturated carbocycles. The van der Waals surface area contributed by atoms with Crippen molar-refractivity contribution in [2.45, 2.75) is 12.8 Å². The summed E-state index contributed by atoms with van der Waals surface area (Å²) in [6.07, 6.45) is 1.61. The molecule has 0 atom stereocenters. The summed E-state index contributed by atoms with van der Waals surface area (Å²) in [5.74, 6) is -0.860. The van der Waals surface area contributed by atoms with Gasteiger partial charge in [0, 0.05) is 5.92 Å². The normalized spacial score (nSPS) is 15.1. The second-order valence-corrected chi connectivity index (χ2v) is 4.36. The Labute approximate surface area is 108 Å². The van der Waals surface area contributed by atoms with Gasteiger partial charge in [-0.1, -0.05) is 11.6 Å². The molecule has 1 aliphatic carbocycles. The monoisotopic (exact) mass is 265 g/mol. The molecule has 1 aromatic rings. The minimum Gasteiger partial charge on any atom is -0.291 e. The Morgan fingerprint density at radius 1 is 1.56 bits per heavy atom. The summed E-state index contributed by atoms with van der Waals surface area (Å²) in [5, 5.41) is 12.5. The smallest absolute Gasteiger partial charge is 0.203 e. The van der Waals surface area contributed by atoms with Crippen LogP contribution in [0.3, 0.4) is 0 Å². The van der Waals surface area contributed by atoms with Gasteiger partial charge in [-0.25, -0.2) is 4.39 Å². The van der Waals surface area contributed by atoms with Crippen molar-refractivity contribution in [2.24, 2.45) is 11.0 Å². The van der Waals surface area contributed by atoms with E-state index in [4.69, 9.17) is 16.9 Å². The van der Waals surface area contributed by atoms with Crippen LogP contribution in [-0.2, 0) is 4.79 Å². The van der Waals surface area contributed by atoms with Gasteiger partial charge in [0.15, 0.2) is 5.78 Å². The summed E-state index contributed by atoms with van der Waals surface area (Å²) in [7, 11) is 0. The topological polar surface area (TPSA) is 65.2 Å². The van der Waals surface area contributed by atoms with E-state index < -0.39 is 5.82 Å². The van der Waals surface area contributed by atoms with Gasteiger partial charge >= 0.3 is 0 Å². The number of nitrogens with one attached hydrogen (secondary N) is 1. The van der Waals surface area contributed by atoms with Gasteiger partial charge in [0.2, 0.25) is 5.71 Å². The molecule has 0 aromatic heterocycles. The predicted molar refractivity (Wildman–Crippen MR) is 65.8 cm³/mol. The number of nitrogens with zero attached hydrogens (tertiary/aromatic N) is 2. The number of hydrazone groups is 1. The Hall–Kier alpha value is -1.93. The van der Waals surface area contributed by atoms with Gasteiger partial charge in [0.1, 0.15) is 11.9 Å². The van der Waals surface area contributed by atoms with Gasteiger partial charge in [-0.2, -0.15) is 10.4 Å². The van der Waals surface area contributed by atoms with Crippen molar-refractivity contribution in [3.63, 3.8) is 0 Å². The summed E-state index contributed by atoms with van der Waals surface area (Å²) in [6.45, 7) is 0. The van der Waals surface area contributed by atoms with Crippen molar-refractivity contribution >= 4 is 28.8 Å². The Balaban J connectivity index is 2.10. The highest BCUT2D eigenvalue weighted by molar-refractivity contribution is 6.47. The third-order valence-corrected chi connectivity index (χ3v) is 2.79. The first kappa shape index (κ1) is 12.5. The second-order valence-electron chi connectivity index (χ2n) is 3.95. The summed E-state index contributed by atoms with van der Waals surface area (Å²) in [6, 6.07) is 5.67. The lowest BCUT2D eigenvalue weighted by molar-refractivity contribution is -0.113. The number of ketones is 1. The van der Waals surface area contributed by atoms with Crippen LogP contribution in [0.1, 0.15) is 12.8 Å². The number of rotatable bonds is 4. The molecule has 0 aliphatic heterocycles. The minimum absolute atomic E-state index is 0.0535. The number of nitriles is 1. The highest BCUT2D eigenvalue weighted by atomic mass is 35.5. The number of halogens is 2. The van der Waals surface area contributed by atoms with Gasteiger partial charge in [-0.3, -0.25) is 10.2 Å². The van der Waals surface area contributed by atoms with Crippen molar-refractivity contribution < 1.29 is 9.18 Å². The van der Waals surface area contributed by atoms with Crippen LogP contribution >= 0.6 is 11.6 Å². The molecule has 0 bridgehead atoms. The highest BCUT2D eigenvalue weighted by Gasteiger charge is 2.33. The zero-order chi connectivity index (χ0) is 13.1. The van der Waals surface area contributed by atoms with E-state index in [9.17, 15) is 9.18 Å². The van der Waals surface area contributed by atoms with Crippen molar-refractivity contribution in [1.29, 1.82) is 5.26 Å². The number of anilines is 1. The van der Waals surface area contributed by atoms with Crippen LogP contribution in [0.15, 0.2) is 23.3 Å². The number of carbonyl (C=O) groups is 1. The summed E-state index contributed by atoms with van der Waals surface area (Å²) >= 11 is 5.59. The van der Waals surface area contributed by atoms with Crippen LogP contribution < -0.4 is 5.43 Å². The quantitative estimate of drug-likeness (QED) is 0.672. The Morgan fingerprint density at radius 2 is 2.28 bits per heavy atom. The molecule has 6 heteroatoms. The Morgan fingerprint density at radius 3 is 2.83 bits per heavy atom. The van der Waals surface area contributed by atoms with Gasteiger partial charge in [-0.15, -0.1) is 0 Å². The molecule has 1 fully saturated rings. The van der Waals surface area contributed by atoms with Crippen LogP contribution in [-0.4, -0.2) is 11.5 Å². The molecular weight excluding hydrogens is 257 g/mol. The largest absolute Gasteiger partial charge is 0.291 e. The molecule has 18 heavy (non-hydrogen) atoms. The van der Waals surface area contributed by atoms with Crippen molar-refractivity contribution in [3.05, 3.63) is 29.0 Å². The average molecular weight is 266 g/mol. The number of benzene rings is 1. The van der Waals surface area contributed by atoms with E-state index in [-0.39, 0.29) is 22.4 Å². The lowest BCUT2D eigenvalue weighted by Gasteiger charge is -2.02. The fraction of sp³-hybridized carbons (Fsp3) is 0.250. The van der Waals surface area contributed by atoms with Crippen LogP contribution in [0, 0.1) is 23.1 Å². The van der Waals surface area contributed by atoms with Crippen molar-refractivity contribution in [2.75, 3.05) is 5.43 Å². The van der Waals surface area contributed by atoms with E-state index in [2.05, 4.69) is 10.5 Å². The fourth-order valence-electron chi connectivity index (χ4n) is 1.36. The molecule has 1 N–H and O–H groups in total. The van der Waals surface area contributed by atoms with E-state index in [1.807, 2.05) is 0 Å². The molecule has 4 nitrogen and oxygen atoms in total. The lowest BCUT2D eigenvalue weighted by Crippen LogP contribution is -2.15. The second kappa shape index (κ2) is 5.15. The van der Waals surface area contributed by atoms with Gasteiger partial charge in [-0.05, 0) is 31.0 Å². The molecule has 0 radical (unpaired) electrons. The van der Waals surface area contributed by atoms with Crippen LogP contribution in [0.4, 0.5) is 10.1 Å². The number of Topliss-reactive ketones (excluding diaryl/α,β-unsaturated/α-hetero) is 1. The first-order valence-electron chi connectivity index (χ1n) is 5.35. The maximum atomic E-state index is 12.9. The molecule has 0 heterocycles. The van der Waals surface area contributed by atoms with Gasteiger partial charge < -0.3 is 0 Å². The first-order valence-corrected chi connectivity index (χ1v) is 5.72. The maximum Gasteiger partial charge on any atom is 0.203 e. The Kier molecular flexibility index (Phi) is 3.58. The van der Waals surface area contributed by atoms with E-state index in [0.717, 1.165) is 12.8 Å². The van der Waals surface area contributed by atoms with Crippen LogP contribution in [0.25, 0.3) is 0 Å². The van der Waals surface area contributed by atoms with E-state index in [1.54, 1.807) is 6.07 Å². The fourth-order valence-corrected chi connectivity index (χ4v) is 1.54. The SMILES string of the molecule is N#C/C(=N/Nc1ccc(F)c(Cl)c1)C(=O)C1CC1. The predicted octanol–water partition coefficient (Wildman–Crippen LogP) is 2.75. The first-order chi connectivity index (χ1) is 8.61. The zero-order valence-electron chi connectivity index (χ0n) is 9.28. The number of carbonyl (C=O) groups excluding carboxylic acids is 1. The molecule has 92 valence electrons. The molecular formula is C12H9ClFN3O. The van der Waals surface area contributed by atoms with E-state index >= 15 is 0 Å². The summed E-state index contributed by atoms with van der Waals surface area (Å²) < 4.78 is 12.9. The maximum absolute atomic E-state index is 12.9. The molecule has 1 aliphatic rings. The third kappa shape index (κ3) is 2.84. The van der Waals surface area contributed by atoms with Crippen LogP contribution in [0.2, 0.25) is 5.02 Å². The standard InChI is InChI=1S/C12H9ClFN3O/c13-9-5-8(3-4-10(9)14)16-17-11(6-15)12(18)7-1-2-7/h3-5,7,16H,1-2H2/b17-11-. The third-order valence-electron chi connectivity index (χ3n) is 2.50. The number of hydrogen-bond acceptors (Lipinski definition) is 4. The average Bonchev–Trinajstić information content (AvgIpc) is 3.18. The molecule has 0 saturated heterocycles. The zero-order valence-corrected chi connectivity index (χ0v) is 10.0.